The zero-order valence-corrected chi connectivity index (χ0v) is 10.5. The molecule has 3 rings (SSSR count). The normalized spacial score (nSPS) is 10.6. The largest absolute Gasteiger partial charge is 0.496 e. The van der Waals surface area contributed by atoms with Crippen molar-refractivity contribution in [2.75, 3.05) is 7.11 Å². The van der Waals surface area contributed by atoms with Crippen LogP contribution in [0.1, 0.15) is 10.4 Å². The van der Waals surface area contributed by atoms with Crippen LogP contribution in [0.3, 0.4) is 0 Å². The molecule has 0 amide bonds. The fraction of sp³-hybridized carbons (Fsp3) is 0.0625. The van der Waals surface area contributed by atoms with Gasteiger partial charge in [0.05, 0.1) is 12.7 Å². The minimum Gasteiger partial charge on any atom is -0.496 e. The number of hydrogen-bond donors (Lipinski definition) is 1. The van der Waals surface area contributed by atoms with Crippen molar-refractivity contribution in [3.63, 3.8) is 0 Å². The van der Waals surface area contributed by atoms with Crippen molar-refractivity contribution in [2.45, 2.75) is 0 Å². The maximum Gasteiger partial charge on any atom is 0.153 e. The van der Waals surface area contributed by atoms with Gasteiger partial charge in [-0.05, 0) is 23.8 Å². The van der Waals surface area contributed by atoms with Gasteiger partial charge >= 0.3 is 0 Å². The molecule has 1 heterocycles. The van der Waals surface area contributed by atoms with E-state index in [1.165, 1.54) is 0 Å². The zero-order chi connectivity index (χ0) is 13.2. The number of aromatic nitrogens is 1. The minimum atomic E-state index is 0.560. The summed E-state index contributed by atoms with van der Waals surface area (Å²) in [7, 11) is 1.56. The maximum atomic E-state index is 11.1. The molecule has 1 N–H and O–H groups in total. The molecule has 2 aromatic carbocycles. The average Bonchev–Trinajstić information content (AvgIpc) is 2.90. The van der Waals surface area contributed by atoms with Gasteiger partial charge in [0.25, 0.3) is 0 Å². The quantitative estimate of drug-likeness (QED) is 0.722. The second-order valence-electron chi connectivity index (χ2n) is 4.32. The lowest BCUT2D eigenvalue weighted by molar-refractivity contribution is 0.112. The molecule has 0 bridgehead atoms. The number of hydrogen-bond acceptors (Lipinski definition) is 2. The summed E-state index contributed by atoms with van der Waals surface area (Å²) in [6, 6.07) is 13.7. The van der Waals surface area contributed by atoms with Gasteiger partial charge in [-0.1, -0.05) is 24.3 Å². The van der Waals surface area contributed by atoms with E-state index in [-0.39, 0.29) is 0 Å². The average molecular weight is 251 g/mol. The Bertz CT molecular complexity index is 743. The minimum absolute atomic E-state index is 0.560. The number of methoxy groups -OCH3 is 1. The van der Waals surface area contributed by atoms with Crippen LogP contribution in [0.5, 0.6) is 5.75 Å². The second kappa shape index (κ2) is 4.61. The molecular weight excluding hydrogens is 238 g/mol. The van der Waals surface area contributed by atoms with Crippen molar-refractivity contribution in [1.29, 1.82) is 0 Å². The Morgan fingerprint density at radius 3 is 2.79 bits per heavy atom. The molecule has 3 heteroatoms. The predicted molar refractivity (Wildman–Crippen MR) is 75.7 cm³/mol. The molecule has 0 radical (unpaired) electrons. The summed E-state index contributed by atoms with van der Waals surface area (Å²) in [5.74, 6) is 0.596. The van der Waals surface area contributed by atoms with E-state index >= 15 is 0 Å². The molecule has 1 aromatic heterocycles. The Hall–Kier alpha value is -2.55. The number of benzene rings is 2. The number of H-pyrrole nitrogens is 1. The topological polar surface area (TPSA) is 42.1 Å². The number of aromatic amines is 1. The molecule has 0 atom stereocenters. The third kappa shape index (κ3) is 1.89. The molecule has 0 saturated heterocycles. The van der Waals surface area contributed by atoms with Crippen LogP contribution in [-0.4, -0.2) is 18.4 Å². The zero-order valence-electron chi connectivity index (χ0n) is 10.5. The van der Waals surface area contributed by atoms with Crippen LogP contribution in [0.25, 0.3) is 22.0 Å². The van der Waals surface area contributed by atoms with Crippen molar-refractivity contribution < 1.29 is 9.53 Å². The summed E-state index contributed by atoms with van der Waals surface area (Å²) >= 11 is 0. The third-order valence-electron chi connectivity index (χ3n) is 3.26. The van der Waals surface area contributed by atoms with Gasteiger partial charge in [0.2, 0.25) is 0 Å². The number of ether oxygens (including phenoxy) is 1. The van der Waals surface area contributed by atoms with E-state index in [1.807, 2.05) is 42.6 Å². The first-order chi connectivity index (χ1) is 9.33. The number of nitrogens with one attached hydrogen (secondary N) is 1. The lowest BCUT2D eigenvalue weighted by atomic mass is 10.0. The lowest BCUT2D eigenvalue weighted by Gasteiger charge is -2.06. The first-order valence-corrected chi connectivity index (χ1v) is 6.03. The number of aldehydes is 1. The van der Waals surface area contributed by atoms with Crippen LogP contribution in [0.15, 0.2) is 48.7 Å². The van der Waals surface area contributed by atoms with Crippen LogP contribution >= 0.6 is 0 Å². The van der Waals surface area contributed by atoms with Gasteiger partial charge in [0.1, 0.15) is 5.75 Å². The smallest absolute Gasteiger partial charge is 0.153 e. The third-order valence-corrected chi connectivity index (χ3v) is 3.26. The van der Waals surface area contributed by atoms with E-state index in [0.717, 1.165) is 28.3 Å². The van der Waals surface area contributed by atoms with Crippen molar-refractivity contribution in [3.8, 4) is 16.9 Å². The van der Waals surface area contributed by atoms with Gasteiger partial charge in [-0.25, -0.2) is 0 Å². The van der Waals surface area contributed by atoms with Gasteiger partial charge in [-0.3, -0.25) is 4.79 Å². The fourth-order valence-electron chi connectivity index (χ4n) is 2.30. The predicted octanol–water partition coefficient (Wildman–Crippen LogP) is 3.66. The summed E-state index contributed by atoms with van der Waals surface area (Å²) in [6.45, 7) is 0. The molecular formula is C16H13NO2. The molecule has 19 heavy (non-hydrogen) atoms. The molecule has 94 valence electrons. The number of carbonyl (C=O) groups excluding carboxylic acids is 1. The van der Waals surface area contributed by atoms with E-state index in [1.54, 1.807) is 7.11 Å². The molecule has 3 aromatic rings. The molecule has 0 spiro atoms. The highest BCUT2D eigenvalue weighted by molar-refractivity contribution is 5.96. The highest BCUT2D eigenvalue weighted by Crippen LogP contribution is 2.31. The van der Waals surface area contributed by atoms with E-state index < -0.39 is 0 Å². The maximum absolute atomic E-state index is 11.1. The van der Waals surface area contributed by atoms with E-state index in [9.17, 15) is 4.79 Å². The Morgan fingerprint density at radius 1 is 1.16 bits per heavy atom. The number of fused-ring (bicyclic) bond motifs is 1. The van der Waals surface area contributed by atoms with Crippen LogP contribution in [0.4, 0.5) is 0 Å². The monoisotopic (exact) mass is 251 g/mol. The summed E-state index contributed by atoms with van der Waals surface area (Å²) in [5, 5.41) is 1.14. The van der Waals surface area contributed by atoms with Crippen molar-refractivity contribution in [1.82, 2.24) is 4.98 Å². The van der Waals surface area contributed by atoms with Gasteiger partial charge in [-0.15, -0.1) is 0 Å². The summed E-state index contributed by atoms with van der Waals surface area (Å²) in [4.78, 5) is 14.3. The first-order valence-electron chi connectivity index (χ1n) is 6.03. The SMILES string of the molecule is COc1ccc(-c2c[nH]c3ccccc23)cc1C=O. The highest BCUT2D eigenvalue weighted by Gasteiger charge is 2.08. The highest BCUT2D eigenvalue weighted by atomic mass is 16.5. The van der Waals surface area contributed by atoms with Crippen LogP contribution < -0.4 is 4.74 Å². The molecule has 0 aliphatic heterocycles. The molecule has 0 unspecified atom stereocenters. The Balaban J connectivity index is 2.19. The van der Waals surface area contributed by atoms with E-state index in [2.05, 4.69) is 11.1 Å². The molecule has 0 fully saturated rings. The standard InChI is InChI=1S/C16H13NO2/c1-19-16-7-6-11(8-12(16)10-18)14-9-17-15-5-3-2-4-13(14)15/h2-10,17H,1H3. The summed E-state index contributed by atoms with van der Waals surface area (Å²) in [5.41, 5.74) is 3.73. The summed E-state index contributed by atoms with van der Waals surface area (Å²) in [6.07, 6.45) is 2.78. The first kappa shape index (κ1) is 11.5. The van der Waals surface area contributed by atoms with Gasteiger partial charge in [-0.2, -0.15) is 0 Å². The van der Waals surface area contributed by atoms with E-state index in [4.69, 9.17) is 4.74 Å². The van der Waals surface area contributed by atoms with Crippen LogP contribution in [0, 0.1) is 0 Å². The fourth-order valence-corrected chi connectivity index (χ4v) is 2.30. The van der Waals surface area contributed by atoms with Crippen molar-refractivity contribution in [2.24, 2.45) is 0 Å². The Morgan fingerprint density at radius 2 is 2.00 bits per heavy atom. The van der Waals surface area contributed by atoms with Crippen molar-refractivity contribution in [3.05, 3.63) is 54.2 Å². The molecule has 3 nitrogen and oxygen atoms in total. The van der Waals surface area contributed by atoms with Crippen LogP contribution in [0.2, 0.25) is 0 Å². The molecule has 0 saturated carbocycles. The second-order valence-corrected chi connectivity index (χ2v) is 4.32. The Labute approximate surface area is 110 Å². The number of rotatable bonds is 3. The van der Waals surface area contributed by atoms with E-state index in [0.29, 0.717) is 11.3 Å². The van der Waals surface area contributed by atoms with Gasteiger partial charge in [0.15, 0.2) is 6.29 Å². The summed E-state index contributed by atoms with van der Waals surface area (Å²) < 4.78 is 5.16. The van der Waals surface area contributed by atoms with Crippen LogP contribution in [-0.2, 0) is 0 Å². The lowest BCUT2D eigenvalue weighted by Crippen LogP contribution is -1.90. The molecule has 0 aliphatic rings. The van der Waals surface area contributed by atoms with Gasteiger partial charge < -0.3 is 9.72 Å². The Kier molecular flexibility index (Phi) is 2.80. The molecule has 0 aliphatic carbocycles. The number of carbonyl (C=O) groups is 1. The number of para-hydroxylation sites is 1. The van der Waals surface area contributed by atoms with Crippen molar-refractivity contribution >= 4 is 17.2 Å². The van der Waals surface area contributed by atoms with Gasteiger partial charge in [0, 0.05) is 22.7 Å².